The Morgan fingerprint density at radius 3 is 2.76 bits per heavy atom. The number of hydrogen-bond acceptors (Lipinski definition) is 4. The number of aliphatic imine (C=N–C) groups is 1. The van der Waals surface area contributed by atoms with Gasteiger partial charge in [-0.15, -0.1) is 0 Å². The molecule has 1 aliphatic rings. The van der Waals surface area contributed by atoms with E-state index < -0.39 is 0 Å². The number of esters is 1. The summed E-state index contributed by atoms with van der Waals surface area (Å²) >= 11 is 0. The maximum Gasteiger partial charge on any atom is 0.305 e. The Hall–Kier alpha value is -2.57. The van der Waals surface area contributed by atoms with Crippen molar-refractivity contribution >= 4 is 17.8 Å². The van der Waals surface area contributed by atoms with E-state index in [1.807, 2.05) is 36.9 Å². The van der Waals surface area contributed by atoms with Crippen molar-refractivity contribution in [2.24, 2.45) is 10.9 Å². The highest BCUT2D eigenvalue weighted by Crippen LogP contribution is 2.18. The van der Waals surface area contributed by atoms with Crippen molar-refractivity contribution in [1.82, 2.24) is 15.5 Å². The van der Waals surface area contributed by atoms with Gasteiger partial charge < -0.3 is 20.3 Å². The number of likely N-dealkylation sites (tertiary alicyclic amines) is 1. The van der Waals surface area contributed by atoms with Crippen molar-refractivity contribution in [3.8, 4) is 0 Å². The van der Waals surface area contributed by atoms with Crippen LogP contribution in [0.5, 0.6) is 0 Å². The van der Waals surface area contributed by atoms with Gasteiger partial charge >= 0.3 is 5.97 Å². The summed E-state index contributed by atoms with van der Waals surface area (Å²) in [6.07, 6.45) is 2.53. The van der Waals surface area contributed by atoms with Gasteiger partial charge in [0.2, 0.25) is 5.91 Å². The first-order chi connectivity index (χ1) is 14.1. The fourth-order valence-corrected chi connectivity index (χ4v) is 3.34. The standard InChI is InChI=1S/C22H34N4O3/c1-3-23-22(24-13-8-11-21(28)29-4-2)25-16-19-15-20(27)26(17-19)14-12-18-9-6-5-7-10-18/h5-7,9-10,19H,3-4,8,11-17H2,1-2H3,(H2,23,24,25). The lowest BCUT2D eigenvalue weighted by molar-refractivity contribution is -0.143. The van der Waals surface area contributed by atoms with Crippen LogP contribution < -0.4 is 10.6 Å². The first kappa shape index (κ1) is 22.7. The monoisotopic (exact) mass is 402 g/mol. The summed E-state index contributed by atoms with van der Waals surface area (Å²) in [6, 6.07) is 10.3. The minimum atomic E-state index is -0.170. The molecule has 1 amide bonds. The predicted octanol–water partition coefficient (Wildman–Crippen LogP) is 1.98. The van der Waals surface area contributed by atoms with Crippen molar-refractivity contribution in [1.29, 1.82) is 0 Å². The molecule has 29 heavy (non-hydrogen) atoms. The van der Waals surface area contributed by atoms with Gasteiger partial charge in [-0.1, -0.05) is 30.3 Å². The van der Waals surface area contributed by atoms with Crippen LogP contribution in [0.15, 0.2) is 35.3 Å². The van der Waals surface area contributed by atoms with Gasteiger partial charge in [0.15, 0.2) is 5.96 Å². The van der Waals surface area contributed by atoms with Crippen molar-refractivity contribution in [3.05, 3.63) is 35.9 Å². The van der Waals surface area contributed by atoms with Crippen LogP contribution in [-0.2, 0) is 20.7 Å². The molecule has 1 unspecified atom stereocenters. The summed E-state index contributed by atoms with van der Waals surface area (Å²) in [5, 5.41) is 6.46. The number of rotatable bonds is 11. The molecule has 2 N–H and O–H groups in total. The molecule has 1 aromatic carbocycles. The van der Waals surface area contributed by atoms with Crippen LogP contribution in [-0.4, -0.2) is 62.1 Å². The highest BCUT2D eigenvalue weighted by atomic mass is 16.5. The molecular formula is C22H34N4O3. The normalized spacial score (nSPS) is 16.8. The van der Waals surface area contributed by atoms with Crippen molar-refractivity contribution < 1.29 is 14.3 Å². The van der Waals surface area contributed by atoms with Crippen LogP contribution in [0.2, 0.25) is 0 Å². The Bertz CT molecular complexity index is 663. The second-order valence-electron chi connectivity index (χ2n) is 7.20. The maximum atomic E-state index is 12.3. The van der Waals surface area contributed by atoms with E-state index >= 15 is 0 Å². The molecule has 1 atom stereocenters. The van der Waals surface area contributed by atoms with Crippen LogP contribution in [0.1, 0.15) is 38.7 Å². The zero-order valence-corrected chi connectivity index (χ0v) is 17.7. The molecule has 0 aromatic heterocycles. The number of hydrogen-bond donors (Lipinski definition) is 2. The zero-order chi connectivity index (χ0) is 20.9. The molecule has 160 valence electrons. The molecule has 0 saturated carbocycles. The van der Waals surface area contributed by atoms with Crippen LogP contribution in [0.4, 0.5) is 0 Å². The minimum Gasteiger partial charge on any atom is -0.466 e. The van der Waals surface area contributed by atoms with E-state index in [9.17, 15) is 9.59 Å². The third kappa shape index (κ3) is 8.54. The lowest BCUT2D eigenvalue weighted by Crippen LogP contribution is -2.38. The van der Waals surface area contributed by atoms with Gasteiger partial charge in [-0.05, 0) is 32.3 Å². The van der Waals surface area contributed by atoms with Gasteiger partial charge in [0.1, 0.15) is 0 Å². The zero-order valence-electron chi connectivity index (χ0n) is 17.7. The molecule has 0 bridgehead atoms. The van der Waals surface area contributed by atoms with Gasteiger partial charge in [0.05, 0.1) is 6.61 Å². The summed E-state index contributed by atoms with van der Waals surface area (Å²) < 4.78 is 4.93. The van der Waals surface area contributed by atoms with E-state index in [0.29, 0.717) is 39.0 Å². The Labute approximate surface area is 173 Å². The smallest absolute Gasteiger partial charge is 0.305 e. The molecule has 1 fully saturated rings. The first-order valence-electron chi connectivity index (χ1n) is 10.6. The Kier molecular flexibility index (Phi) is 10.0. The van der Waals surface area contributed by atoms with Gasteiger partial charge in [0.25, 0.3) is 0 Å². The number of ether oxygens (including phenoxy) is 1. The lowest BCUT2D eigenvalue weighted by atomic mass is 10.1. The molecule has 7 nitrogen and oxygen atoms in total. The molecule has 7 heteroatoms. The highest BCUT2D eigenvalue weighted by Gasteiger charge is 2.28. The predicted molar refractivity (Wildman–Crippen MR) is 115 cm³/mol. The first-order valence-corrected chi connectivity index (χ1v) is 10.6. The number of guanidine groups is 1. The van der Waals surface area contributed by atoms with Gasteiger partial charge in [-0.2, -0.15) is 0 Å². The molecule has 0 aliphatic carbocycles. The van der Waals surface area contributed by atoms with E-state index in [0.717, 1.165) is 32.0 Å². The molecular weight excluding hydrogens is 368 g/mol. The number of carbonyl (C=O) groups excluding carboxylic acids is 2. The van der Waals surface area contributed by atoms with Crippen molar-refractivity contribution in [2.45, 2.75) is 39.5 Å². The minimum absolute atomic E-state index is 0.170. The van der Waals surface area contributed by atoms with E-state index in [1.54, 1.807) is 0 Å². The fraction of sp³-hybridized carbons (Fsp3) is 0.591. The summed E-state index contributed by atoms with van der Waals surface area (Å²) in [6.45, 7) is 7.78. The summed E-state index contributed by atoms with van der Waals surface area (Å²) in [5.74, 6) is 1.02. The number of nitrogens with one attached hydrogen (secondary N) is 2. The summed E-state index contributed by atoms with van der Waals surface area (Å²) in [5.41, 5.74) is 1.25. The van der Waals surface area contributed by atoms with Crippen molar-refractivity contribution in [2.75, 3.05) is 39.3 Å². The number of benzene rings is 1. The number of amides is 1. The third-order valence-electron chi connectivity index (χ3n) is 4.82. The molecule has 1 heterocycles. The van der Waals surface area contributed by atoms with Crippen molar-refractivity contribution in [3.63, 3.8) is 0 Å². The Morgan fingerprint density at radius 1 is 1.24 bits per heavy atom. The largest absolute Gasteiger partial charge is 0.466 e. The third-order valence-corrected chi connectivity index (χ3v) is 4.82. The summed E-state index contributed by atoms with van der Waals surface area (Å²) in [7, 11) is 0. The summed E-state index contributed by atoms with van der Waals surface area (Å²) in [4.78, 5) is 30.3. The second-order valence-corrected chi connectivity index (χ2v) is 7.20. The SMILES string of the molecule is CCNC(=NCC1CC(=O)N(CCc2ccccc2)C1)NCCCC(=O)OCC. The topological polar surface area (TPSA) is 83.0 Å². The fourth-order valence-electron chi connectivity index (χ4n) is 3.34. The molecule has 1 aromatic rings. The second kappa shape index (κ2) is 12.8. The molecule has 1 saturated heterocycles. The van der Waals surface area contributed by atoms with Gasteiger partial charge in [-0.3, -0.25) is 14.6 Å². The average Bonchev–Trinajstić information content (AvgIpc) is 3.08. The van der Waals surface area contributed by atoms with Crippen LogP contribution >= 0.6 is 0 Å². The maximum absolute atomic E-state index is 12.3. The quantitative estimate of drug-likeness (QED) is 0.256. The van der Waals surface area contributed by atoms with Gasteiger partial charge in [-0.25, -0.2) is 0 Å². The van der Waals surface area contributed by atoms with Crippen LogP contribution in [0.3, 0.4) is 0 Å². The molecule has 1 aliphatic heterocycles. The Balaban J connectivity index is 1.73. The molecule has 0 radical (unpaired) electrons. The van der Waals surface area contributed by atoms with E-state index in [2.05, 4.69) is 27.8 Å². The van der Waals surface area contributed by atoms with Crippen LogP contribution in [0.25, 0.3) is 0 Å². The van der Waals surface area contributed by atoms with E-state index in [-0.39, 0.29) is 17.8 Å². The average molecular weight is 403 g/mol. The van der Waals surface area contributed by atoms with E-state index in [1.165, 1.54) is 5.56 Å². The number of nitrogens with zero attached hydrogens (tertiary/aromatic N) is 2. The van der Waals surface area contributed by atoms with Gasteiger partial charge in [0, 0.05) is 51.5 Å². The molecule has 0 spiro atoms. The lowest BCUT2D eigenvalue weighted by Gasteiger charge is -2.16. The molecule has 2 rings (SSSR count). The van der Waals surface area contributed by atoms with E-state index in [4.69, 9.17) is 4.74 Å². The Morgan fingerprint density at radius 2 is 2.03 bits per heavy atom. The number of carbonyl (C=O) groups is 2. The highest BCUT2D eigenvalue weighted by molar-refractivity contribution is 5.80. The van der Waals surface area contributed by atoms with Crippen LogP contribution in [0, 0.1) is 5.92 Å².